The Morgan fingerprint density at radius 2 is 2.22 bits per heavy atom. The zero-order valence-electron chi connectivity index (χ0n) is 9.82. The molecule has 0 amide bonds. The van der Waals surface area contributed by atoms with Gasteiger partial charge in [-0.25, -0.2) is 4.39 Å². The molecule has 96 valence electrons. The van der Waals surface area contributed by atoms with Gasteiger partial charge in [-0.3, -0.25) is 0 Å². The van der Waals surface area contributed by atoms with Crippen molar-refractivity contribution in [3.63, 3.8) is 0 Å². The van der Waals surface area contributed by atoms with Crippen molar-refractivity contribution >= 4 is 27.3 Å². The minimum atomic E-state index is -0.379. The van der Waals surface area contributed by atoms with Gasteiger partial charge in [-0.15, -0.1) is 11.3 Å². The molecule has 0 radical (unpaired) electrons. The number of halogens is 2. The number of ether oxygens (including phenoxy) is 1. The fraction of sp³-hybridized carbons (Fsp3) is 0.231. The summed E-state index contributed by atoms with van der Waals surface area (Å²) < 4.78 is 19.5. The lowest BCUT2D eigenvalue weighted by molar-refractivity contribution is 0.386. The molecule has 0 fully saturated rings. The Morgan fingerprint density at radius 3 is 2.78 bits per heavy atom. The molecule has 1 aromatic heterocycles. The van der Waals surface area contributed by atoms with Crippen molar-refractivity contribution in [2.45, 2.75) is 12.5 Å². The van der Waals surface area contributed by atoms with E-state index in [-0.39, 0.29) is 17.6 Å². The standard InChI is InChI=1S/C13H13BrFNOS/c1-17-12-3-2-8(6-10(12)15)11(16)7-13-9(14)4-5-18-13/h2-6,11H,7,16H2,1H3. The zero-order valence-corrected chi connectivity index (χ0v) is 12.2. The highest BCUT2D eigenvalue weighted by atomic mass is 79.9. The number of hydrogen-bond acceptors (Lipinski definition) is 3. The van der Waals surface area contributed by atoms with Crippen LogP contribution in [0, 0.1) is 5.82 Å². The second-order valence-corrected chi connectivity index (χ2v) is 5.75. The fourth-order valence-electron chi connectivity index (χ4n) is 1.70. The lowest BCUT2D eigenvalue weighted by Crippen LogP contribution is -2.13. The van der Waals surface area contributed by atoms with Crippen LogP contribution < -0.4 is 10.5 Å². The average molecular weight is 330 g/mol. The Labute approximate surface area is 118 Å². The van der Waals surface area contributed by atoms with Crippen molar-refractivity contribution < 1.29 is 9.13 Å². The monoisotopic (exact) mass is 329 g/mol. The highest BCUT2D eigenvalue weighted by molar-refractivity contribution is 9.10. The van der Waals surface area contributed by atoms with Crippen molar-refractivity contribution in [1.82, 2.24) is 0 Å². The maximum atomic E-state index is 13.6. The summed E-state index contributed by atoms with van der Waals surface area (Å²) >= 11 is 5.10. The number of rotatable bonds is 4. The van der Waals surface area contributed by atoms with Gasteiger partial charge < -0.3 is 10.5 Å². The normalized spacial score (nSPS) is 12.4. The third-order valence-electron chi connectivity index (χ3n) is 2.70. The molecule has 2 rings (SSSR count). The number of hydrogen-bond donors (Lipinski definition) is 1. The Balaban J connectivity index is 2.16. The summed E-state index contributed by atoms with van der Waals surface area (Å²) in [5.41, 5.74) is 6.87. The van der Waals surface area contributed by atoms with E-state index < -0.39 is 0 Å². The highest BCUT2D eigenvalue weighted by Gasteiger charge is 2.13. The molecular formula is C13H13BrFNOS. The molecule has 2 nitrogen and oxygen atoms in total. The van der Waals surface area contributed by atoms with E-state index in [1.165, 1.54) is 18.1 Å². The molecule has 2 aromatic rings. The Hall–Kier alpha value is -0.910. The topological polar surface area (TPSA) is 35.2 Å². The molecule has 0 spiro atoms. The molecular weight excluding hydrogens is 317 g/mol. The highest BCUT2D eigenvalue weighted by Crippen LogP contribution is 2.28. The van der Waals surface area contributed by atoms with Crippen LogP contribution in [-0.4, -0.2) is 7.11 Å². The van der Waals surface area contributed by atoms with Crippen LogP contribution in [0.5, 0.6) is 5.75 Å². The summed E-state index contributed by atoms with van der Waals surface area (Å²) in [6, 6.07) is 6.61. The van der Waals surface area contributed by atoms with Gasteiger partial charge in [0.2, 0.25) is 0 Å². The first kappa shape index (κ1) is 13.5. The zero-order chi connectivity index (χ0) is 13.1. The van der Waals surface area contributed by atoms with E-state index in [0.29, 0.717) is 6.42 Å². The predicted molar refractivity (Wildman–Crippen MR) is 75.6 cm³/mol. The fourth-order valence-corrected chi connectivity index (χ4v) is 3.28. The van der Waals surface area contributed by atoms with Crippen LogP contribution in [-0.2, 0) is 6.42 Å². The van der Waals surface area contributed by atoms with E-state index in [1.54, 1.807) is 23.5 Å². The molecule has 1 aromatic carbocycles. The second-order valence-electron chi connectivity index (χ2n) is 3.90. The second kappa shape index (κ2) is 5.82. The summed E-state index contributed by atoms with van der Waals surface area (Å²) in [6.45, 7) is 0. The first-order valence-corrected chi connectivity index (χ1v) is 7.10. The van der Waals surface area contributed by atoms with Gasteiger partial charge in [0, 0.05) is 21.8 Å². The van der Waals surface area contributed by atoms with Crippen molar-refractivity contribution in [2.75, 3.05) is 7.11 Å². The third kappa shape index (κ3) is 2.91. The number of nitrogens with two attached hydrogens (primary N) is 1. The number of thiophene rings is 1. The summed E-state index contributed by atoms with van der Waals surface area (Å²) in [6.07, 6.45) is 0.685. The molecule has 0 saturated heterocycles. The van der Waals surface area contributed by atoms with Crippen molar-refractivity contribution in [2.24, 2.45) is 5.73 Å². The van der Waals surface area contributed by atoms with Crippen molar-refractivity contribution in [3.05, 3.63) is 50.4 Å². The number of benzene rings is 1. The van der Waals surface area contributed by atoms with E-state index in [9.17, 15) is 4.39 Å². The van der Waals surface area contributed by atoms with E-state index in [0.717, 1.165) is 10.0 Å². The van der Waals surface area contributed by atoms with Crippen LogP contribution in [0.2, 0.25) is 0 Å². The summed E-state index contributed by atoms with van der Waals surface area (Å²) in [4.78, 5) is 1.17. The van der Waals surface area contributed by atoms with Crippen LogP contribution in [0.3, 0.4) is 0 Å². The van der Waals surface area contributed by atoms with Gasteiger partial charge >= 0.3 is 0 Å². The quantitative estimate of drug-likeness (QED) is 0.923. The van der Waals surface area contributed by atoms with E-state index in [2.05, 4.69) is 15.9 Å². The molecule has 0 saturated carbocycles. The lowest BCUT2D eigenvalue weighted by Gasteiger charge is -2.12. The lowest BCUT2D eigenvalue weighted by atomic mass is 10.0. The van der Waals surface area contributed by atoms with Gasteiger partial charge in [-0.2, -0.15) is 0 Å². The minimum Gasteiger partial charge on any atom is -0.494 e. The van der Waals surface area contributed by atoms with Gasteiger partial charge in [0.15, 0.2) is 11.6 Å². The number of methoxy groups -OCH3 is 1. The summed E-state index contributed by atoms with van der Waals surface area (Å²) in [7, 11) is 1.45. The van der Waals surface area contributed by atoms with Gasteiger partial charge in [-0.1, -0.05) is 6.07 Å². The Bertz CT molecular complexity index is 544. The predicted octanol–water partition coefficient (Wildman–Crippen LogP) is 3.90. The molecule has 1 atom stereocenters. The molecule has 18 heavy (non-hydrogen) atoms. The molecule has 1 heterocycles. The van der Waals surface area contributed by atoms with Crippen LogP contribution >= 0.6 is 27.3 Å². The van der Waals surface area contributed by atoms with Crippen molar-refractivity contribution in [1.29, 1.82) is 0 Å². The Kier molecular flexibility index (Phi) is 4.37. The average Bonchev–Trinajstić information content (AvgIpc) is 2.75. The van der Waals surface area contributed by atoms with E-state index >= 15 is 0 Å². The first-order valence-electron chi connectivity index (χ1n) is 5.42. The Morgan fingerprint density at radius 1 is 1.44 bits per heavy atom. The molecule has 5 heteroatoms. The van der Waals surface area contributed by atoms with Gasteiger partial charge in [0.05, 0.1) is 7.11 Å². The smallest absolute Gasteiger partial charge is 0.165 e. The van der Waals surface area contributed by atoms with Gasteiger partial charge in [0.25, 0.3) is 0 Å². The van der Waals surface area contributed by atoms with Crippen LogP contribution in [0.1, 0.15) is 16.5 Å². The van der Waals surface area contributed by atoms with E-state index in [1.807, 2.05) is 11.4 Å². The van der Waals surface area contributed by atoms with Crippen LogP contribution in [0.25, 0.3) is 0 Å². The van der Waals surface area contributed by atoms with Crippen molar-refractivity contribution in [3.8, 4) is 5.75 Å². The van der Waals surface area contributed by atoms with Gasteiger partial charge in [-0.05, 0) is 45.1 Å². The SMILES string of the molecule is COc1ccc(C(N)Cc2sccc2Br)cc1F. The molecule has 0 bridgehead atoms. The van der Waals surface area contributed by atoms with Crippen LogP contribution in [0.15, 0.2) is 34.1 Å². The third-order valence-corrected chi connectivity index (χ3v) is 4.65. The maximum Gasteiger partial charge on any atom is 0.165 e. The summed E-state index contributed by atoms with van der Waals surface area (Å²) in [5, 5.41) is 2.00. The summed E-state index contributed by atoms with van der Waals surface area (Å²) in [5.74, 6) is -0.140. The largest absolute Gasteiger partial charge is 0.494 e. The minimum absolute atomic E-state index is 0.222. The molecule has 0 aliphatic heterocycles. The van der Waals surface area contributed by atoms with E-state index in [4.69, 9.17) is 10.5 Å². The van der Waals surface area contributed by atoms with Gasteiger partial charge in [0.1, 0.15) is 0 Å². The molecule has 0 aliphatic rings. The molecule has 0 aliphatic carbocycles. The molecule has 2 N–H and O–H groups in total. The van der Waals surface area contributed by atoms with Crippen LogP contribution in [0.4, 0.5) is 4.39 Å². The molecule has 1 unspecified atom stereocenters. The first-order chi connectivity index (χ1) is 8.61. The maximum absolute atomic E-state index is 13.6.